The van der Waals surface area contributed by atoms with Gasteiger partial charge in [-0.15, -0.1) is 0 Å². The summed E-state index contributed by atoms with van der Waals surface area (Å²) in [5.74, 6) is -2.41. The molecule has 0 aliphatic heterocycles. The minimum atomic E-state index is -3.74. The van der Waals surface area contributed by atoms with Gasteiger partial charge in [0.1, 0.15) is 10.8 Å². The maximum atomic E-state index is 14.0. The Morgan fingerprint density at radius 1 is 1.36 bits per heavy atom. The molecule has 0 bridgehead atoms. The molecule has 0 radical (unpaired) electrons. The Balaban J connectivity index is 2.13. The molecule has 0 aromatic heterocycles. The van der Waals surface area contributed by atoms with Crippen LogP contribution in [0.5, 0.6) is 5.75 Å². The number of carboxylic acids is 1. The van der Waals surface area contributed by atoms with Crippen molar-refractivity contribution < 1.29 is 23.4 Å². The second-order valence-electron chi connectivity index (χ2n) is 5.75. The van der Waals surface area contributed by atoms with E-state index in [1.165, 1.54) is 24.3 Å². The van der Waals surface area contributed by atoms with Gasteiger partial charge in [0.15, 0.2) is 0 Å². The number of ether oxygens (including phenoxy) is 1. The van der Waals surface area contributed by atoms with Crippen LogP contribution in [0, 0.1) is 17.3 Å². The minimum absolute atomic E-state index is 0.0919. The summed E-state index contributed by atoms with van der Waals surface area (Å²) < 4.78 is 32.5. The van der Waals surface area contributed by atoms with Crippen LogP contribution in [0.2, 0.25) is 5.02 Å². The molecule has 0 saturated heterocycles. The molecule has 120 valence electrons. The molecule has 0 unspecified atom stereocenters. The Kier molecular flexibility index (Phi) is 4.42. The first kappa shape index (κ1) is 17.0. The molecule has 2 atom stereocenters. The fourth-order valence-corrected chi connectivity index (χ4v) is 2.71. The van der Waals surface area contributed by atoms with E-state index in [9.17, 15) is 13.6 Å². The number of aliphatic carboxylic acids is 1. The Bertz CT molecular complexity index is 612. The van der Waals surface area contributed by atoms with E-state index in [4.69, 9.17) is 28.3 Å². The van der Waals surface area contributed by atoms with Crippen molar-refractivity contribution in [2.24, 2.45) is 17.3 Å². The SMILES string of the molecule is CC1(C)[C@H](C=C(Cl)C(F)(F)Oc2ccc(Cl)cc2)[C@H]1C(=O)O. The number of carbonyl (C=O) groups is 1. The van der Waals surface area contributed by atoms with Crippen LogP contribution in [0.3, 0.4) is 0 Å². The Labute approximate surface area is 136 Å². The number of halogens is 4. The Hall–Kier alpha value is -1.33. The van der Waals surface area contributed by atoms with E-state index in [1.54, 1.807) is 13.8 Å². The van der Waals surface area contributed by atoms with Crippen molar-refractivity contribution in [2.45, 2.75) is 20.0 Å². The highest BCUT2D eigenvalue weighted by atomic mass is 35.5. The summed E-state index contributed by atoms with van der Waals surface area (Å²) in [6, 6.07) is 5.41. The summed E-state index contributed by atoms with van der Waals surface area (Å²) in [4.78, 5) is 11.0. The van der Waals surface area contributed by atoms with E-state index in [1.807, 2.05) is 0 Å². The third-order valence-electron chi connectivity index (χ3n) is 3.84. The highest BCUT2D eigenvalue weighted by Crippen LogP contribution is 2.60. The molecule has 22 heavy (non-hydrogen) atoms. The maximum absolute atomic E-state index is 14.0. The zero-order valence-corrected chi connectivity index (χ0v) is 13.3. The monoisotopic (exact) mass is 350 g/mol. The van der Waals surface area contributed by atoms with E-state index in [0.717, 1.165) is 6.08 Å². The van der Waals surface area contributed by atoms with Crippen molar-refractivity contribution in [3.05, 3.63) is 40.4 Å². The van der Waals surface area contributed by atoms with Crippen molar-refractivity contribution in [1.82, 2.24) is 0 Å². The average molecular weight is 351 g/mol. The molecular weight excluding hydrogens is 337 g/mol. The smallest absolute Gasteiger partial charge is 0.437 e. The highest BCUT2D eigenvalue weighted by Gasteiger charge is 2.61. The second-order valence-corrected chi connectivity index (χ2v) is 6.59. The van der Waals surface area contributed by atoms with E-state index in [-0.39, 0.29) is 5.75 Å². The van der Waals surface area contributed by atoms with Gasteiger partial charge in [-0.05, 0) is 35.6 Å². The Morgan fingerprint density at radius 2 is 1.91 bits per heavy atom. The lowest BCUT2D eigenvalue weighted by molar-refractivity contribution is -0.140. The molecule has 0 amide bonds. The van der Waals surface area contributed by atoms with Crippen LogP contribution in [0.1, 0.15) is 13.8 Å². The van der Waals surface area contributed by atoms with Gasteiger partial charge < -0.3 is 9.84 Å². The van der Waals surface area contributed by atoms with Gasteiger partial charge in [0.05, 0.1) is 5.92 Å². The molecule has 3 nitrogen and oxygen atoms in total. The molecule has 0 spiro atoms. The largest absolute Gasteiger partial charge is 0.481 e. The maximum Gasteiger partial charge on any atom is 0.437 e. The van der Waals surface area contributed by atoms with Gasteiger partial charge in [-0.1, -0.05) is 43.1 Å². The van der Waals surface area contributed by atoms with Crippen molar-refractivity contribution in [1.29, 1.82) is 0 Å². The number of hydrogen-bond acceptors (Lipinski definition) is 2. The molecule has 0 heterocycles. The lowest BCUT2D eigenvalue weighted by Gasteiger charge is -2.17. The zero-order chi connectivity index (χ0) is 16.7. The predicted molar refractivity (Wildman–Crippen MR) is 79.4 cm³/mol. The summed E-state index contributed by atoms with van der Waals surface area (Å²) in [5.41, 5.74) is -0.609. The van der Waals surface area contributed by atoms with Crippen LogP contribution < -0.4 is 4.74 Å². The number of hydrogen-bond donors (Lipinski definition) is 1. The van der Waals surface area contributed by atoms with Crippen LogP contribution >= 0.6 is 23.2 Å². The minimum Gasteiger partial charge on any atom is -0.481 e. The van der Waals surface area contributed by atoms with Crippen LogP contribution in [0.25, 0.3) is 0 Å². The Morgan fingerprint density at radius 3 is 2.36 bits per heavy atom. The van der Waals surface area contributed by atoms with E-state index in [0.29, 0.717) is 5.02 Å². The fraction of sp³-hybridized carbons (Fsp3) is 0.400. The van der Waals surface area contributed by atoms with Crippen LogP contribution in [-0.2, 0) is 4.79 Å². The fourth-order valence-electron chi connectivity index (χ4n) is 2.41. The lowest BCUT2D eigenvalue weighted by atomic mass is 10.1. The molecular formula is C15H14Cl2F2O3. The van der Waals surface area contributed by atoms with Gasteiger partial charge in [-0.3, -0.25) is 4.79 Å². The molecule has 1 N–H and O–H groups in total. The molecule has 1 saturated carbocycles. The van der Waals surface area contributed by atoms with E-state index < -0.39 is 34.4 Å². The average Bonchev–Trinajstić information content (AvgIpc) is 2.93. The first-order valence-electron chi connectivity index (χ1n) is 6.48. The van der Waals surface area contributed by atoms with E-state index >= 15 is 0 Å². The van der Waals surface area contributed by atoms with E-state index in [2.05, 4.69) is 4.74 Å². The number of benzene rings is 1. The molecule has 1 aliphatic carbocycles. The quantitative estimate of drug-likeness (QED) is 0.830. The normalized spacial score (nSPS) is 24.0. The van der Waals surface area contributed by atoms with Crippen molar-refractivity contribution in [2.75, 3.05) is 0 Å². The number of rotatable bonds is 5. The van der Waals surface area contributed by atoms with Gasteiger partial charge in [0, 0.05) is 5.02 Å². The molecule has 1 aromatic carbocycles. The van der Waals surface area contributed by atoms with Gasteiger partial charge in [0.2, 0.25) is 0 Å². The number of alkyl halides is 2. The highest BCUT2D eigenvalue weighted by molar-refractivity contribution is 6.30. The molecule has 1 aliphatic rings. The van der Waals surface area contributed by atoms with Crippen LogP contribution in [-0.4, -0.2) is 17.2 Å². The molecule has 7 heteroatoms. The second kappa shape index (κ2) is 5.70. The molecule has 1 aromatic rings. The zero-order valence-electron chi connectivity index (χ0n) is 11.8. The number of carboxylic acid groups (broad SMARTS) is 1. The van der Waals surface area contributed by atoms with Crippen LogP contribution in [0.15, 0.2) is 35.4 Å². The third-order valence-corrected chi connectivity index (χ3v) is 4.44. The third kappa shape index (κ3) is 3.36. The summed E-state index contributed by atoms with van der Waals surface area (Å²) in [6.45, 7) is 3.38. The first-order chi connectivity index (χ1) is 10.1. The summed E-state index contributed by atoms with van der Waals surface area (Å²) in [6.07, 6.45) is -2.67. The summed E-state index contributed by atoms with van der Waals surface area (Å²) in [5, 5.41) is 8.59. The summed E-state index contributed by atoms with van der Waals surface area (Å²) >= 11 is 11.3. The summed E-state index contributed by atoms with van der Waals surface area (Å²) in [7, 11) is 0. The first-order valence-corrected chi connectivity index (χ1v) is 7.24. The lowest BCUT2D eigenvalue weighted by Crippen LogP contribution is -2.25. The number of allylic oxidation sites excluding steroid dienone is 1. The topological polar surface area (TPSA) is 46.5 Å². The van der Waals surface area contributed by atoms with Gasteiger partial charge in [-0.25, -0.2) is 0 Å². The van der Waals surface area contributed by atoms with Crippen molar-refractivity contribution in [3.63, 3.8) is 0 Å². The molecule has 2 rings (SSSR count). The van der Waals surface area contributed by atoms with Gasteiger partial charge in [0.25, 0.3) is 0 Å². The standard InChI is InChI=1S/C15H14Cl2F2O3/c1-14(2)10(12(14)13(20)21)7-11(17)15(18,19)22-9-5-3-8(16)4-6-9/h3-7,10,12H,1-2H3,(H,20,21)/t10-,12+/m1/s1. The van der Waals surface area contributed by atoms with Gasteiger partial charge in [-0.2, -0.15) is 8.78 Å². The van der Waals surface area contributed by atoms with Crippen LogP contribution in [0.4, 0.5) is 8.78 Å². The predicted octanol–water partition coefficient (Wildman–Crippen LogP) is 4.79. The van der Waals surface area contributed by atoms with Crippen molar-refractivity contribution in [3.8, 4) is 5.75 Å². The van der Waals surface area contributed by atoms with Gasteiger partial charge >= 0.3 is 12.1 Å². The van der Waals surface area contributed by atoms with Crippen molar-refractivity contribution >= 4 is 29.2 Å². The molecule has 1 fully saturated rings.